The SMILES string of the molecule is C=C(F)C[C@H](C(=O)O)N(Cc1ccccc1)S(=O)(=O)c1ccc(OCCC)cc1. The molecule has 0 saturated carbocycles. The Morgan fingerprint density at radius 2 is 1.79 bits per heavy atom. The van der Waals surface area contributed by atoms with E-state index < -0.39 is 34.3 Å². The van der Waals surface area contributed by atoms with Crippen molar-refractivity contribution in [1.82, 2.24) is 4.31 Å². The van der Waals surface area contributed by atoms with Gasteiger partial charge >= 0.3 is 5.97 Å². The van der Waals surface area contributed by atoms with E-state index in [0.717, 1.165) is 10.7 Å². The molecule has 0 saturated heterocycles. The molecule has 0 heterocycles. The van der Waals surface area contributed by atoms with Crippen LogP contribution in [0.25, 0.3) is 0 Å². The second-order valence-electron chi connectivity index (χ2n) is 6.43. The van der Waals surface area contributed by atoms with Gasteiger partial charge in [-0.25, -0.2) is 12.8 Å². The Morgan fingerprint density at radius 3 is 2.31 bits per heavy atom. The van der Waals surface area contributed by atoms with E-state index in [9.17, 15) is 22.7 Å². The minimum Gasteiger partial charge on any atom is -0.494 e. The van der Waals surface area contributed by atoms with Crippen LogP contribution in [0.15, 0.2) is 71.9 Å². The molecule has 156 valence electrons. The van der Waals surface area contributed by atoms with Gasteiger partial charge in [-0.15, -0.1) is 0 Å². The minimum absolute atomic E-state index is 0.104. The van der Waals surface area contributed by atoms with Gasteiger partial charge in [-0.1, -0.05) is 43.8 Å². The smallest absolute Gasteiger partial charge is 0.322 e. The lowest BCUT2D eigenvalue weighted by Crippen LogP contribution is -2.44. The van der Waals surface area contributed by atoms with E-state index in [2.05, 4.69) is 6.58 Å². The first-order valence-electron chi connectivity index (χ1n) is 9.10. The topological polar surface area (TPSA) is 83.9 Å². The van der Waals surface area contributed by atoms with E-state index in [0.29, 0.717) is 17.9 Å². The van der Waals surface area contributed by atoms with Crippen LogP contribution in [0.3, 0.4) is 0 Å². The van der Waals surface area contributed by atoms with Crippen molar-refractivity contribution >= 4 is 16.0 Å². The third-order valence-corrected chi connectivity index (χ3v) is 6.00. The van der Waals surface area contributed by atoms with Crippen molar-refractivity contribution in [2.75, 3.05) is 6.61 Å². The number of carboxylic acids is 1. The first-order chi connectivity index (χ1) is 13.8. The molecule has 2 rings (SSSR count). The Hall–Kier alpha value is -2.71. The molecule has 2 aromatic carbocycles. The van der Waals surface area contributed by atoms with Gasteiger partial charge < -0.3 is 9.84 Å². The first kappa shape index (κ1) is 22.6. The highest BCUT2D eigenvalue weighted by Gasteiger charge is 2.36. The third kappa shape index (κ3) is 6.13. The molecule has 0 amide bonds. The minimum atomic E-state index is -4.24. The molecule has 0 aliphatic heterocycles. The molecule has 0 radical (unpaired) electrons. The van der Waals surface area contributed by atoms with Gasteiger partial charge in [-0.3, -0.25) is 4.79 Å². The summed E-state index contributed by atoms with van der Waals surface area (Å²) in [5.74, 6) is -1.85. The average Bonchev–Trinajstić information content (AvgIpc) is 2.69. The number of nitrogens with zero attached hydrogens (tertiary/aromatic N) is 1. The molecule has 0 spiro atoms. The third-order valence-electron chi connectivity index (χ3n) is 4.13. The van der Waals surface area contributed by atoms with Crippen LogP contribution in [-0.2, 0) is 21.4 Å². The molecular weight excluding hydrogens is 397 g/mol. The number of benzene rings is 2. The summed E-state index contributed by atoms with van der Waals surface area (Å²) in [4.78, 5) is 11.7. The first-order valence-corrected chi connectivity index (χ1v) is 10.5. The van der Waals surface area contributed by atoms with Gasteiger partial charge in [-0.2, -0.15) is 4.31 Å². The monoisotopic (exact) mass is 421 g/mol. The van der Waals surface area contributed by atoms with E-state index in [1.807, 2.05) is 6.92 Å². The highest BCUT2D eigenvalue weighted by molar-refractivity contribution is 7.89. The summed E-state index contributed by atoms with van der Waals surface area (Å²) in [6.45, 7) is 5.31. The van der Waals surface area contributed by atoms with Gasteiger partial charge in [0.1, 0.15) is 11.8 Å². The van der Waals surface area contributed by atoms with Crippen LogP contribution in [0.5, 0.6) is 5.75 Å². The van der Waals surface area contributed by atoms with Crippen molar-refractivity contribution in [1.29, 1.82) is 0 Å². The summed E-state index contributed by atoms with van der Waals surface area (Å²) < 4.78 is 46.2. The predicted octanol–water partition coefficient (Wildman–Crippen LogP) is 3.99. The number of hydrogen-bond acceptors (Lipinski definition) is 4. The Labute approximate surface area is 170 Å². The Bertz CT molecular complexity index is 929. The average molecular weight is 421 g/mol. The van der Waals surface area contributed by atoms with Crippen LogP contribution in [-0.4, -0.2) is 36.4 Å². The van der Waals surface area contributed by atoms with Crippen LogP contribution in [0, 0.1) is 0 Å². The van der Waals surface area contributed by atoms with Crippen molar-refractivity contribution < 1.29 is 27.4 Å². The molecule has 0 aromatic heterocycles. The van der Waals surface area contributed by atoms with Crippen molar-refractivity contribution in [3.63, 3.8) is 0 Å². The summed E-state index contributed by atoms with van der Waals surface area (Å²) in [5, 5.41) is 9.59. The Balaban J connectivity index is 2.44. The molecule has 29 heavy (non-hydrogen) atoms. The molecule has 0 aliphatic carbocycles. The number of carboxylic acid groups (broad SMARTS) is 1. The van der Waals surface area contributed by atoms with Gasteiger partial charge in [0, 0.05) is 13.0 Å². The molecule has 1 atom stereocenters. The Kier molecular flexibility index (Phi) is 7.92. The van der Waals surface area contributed by atoms with Crippen LogP contribution in [0.4, 0.5) is 4.39 Å². The van der Waals surface area contributed by atoms with E-state index in [-0.39, 0.29) is 11.4 Å². The maximum atomic E-state index is 13.5. The van der Waals surface area contributed by atoms with E-state index >= 15 is 0 Å². The summed E-state index contributed by atoms with van der Waals surface area (Å²) in [5.41, 5.74) is 0.578. The van der Waals surface area contributed by atoms with Crippen molar-refractivity contribution in [3.8, 4) is 5.75 Å². The zero-order chi connectivity index (χ0) is 21.4. The molecule has 0 fully saturated rings. The number of aliphatic carboxylic acids is 1. The summed E-state index contributed by atoms with van der Waals surface area (Å²) in [7, 11) is -4.24. The molecule has 1 N–H and O–H groups in total. The fourth-order valence-corrected chi connectivity index (χ4v) is 4.28. The van der Waals surface area contributed by atoms with E-state index in [1.54, 1.807) is 30.3 Å². The largest absolute Gasteiger partial charge is 0.494 e. The number of rotatable bonds is 11. The van der Waals surface area contributed by atoms with E-state index in [1.165, 1.54) is 24.3 Å². The fourth-order valence-electron chi connectivity index (χ4n) is 2.71. The lowest BCUT2D eigenvalue weighted by atomic mass is 10.1. The highest BCUT2D eigenvalue weighted by Crippen LogP contribution is 2.26. The summed E-state index contributed by atoms with van der Waals surface area (Å²) in [6, 6.07) is 12.6. The number of halogens is 1. The van der Waals surface area contributed by atoms with Crippen LogP contribution in [0.1, 0.15) is 25.3 Å². The van der Waals surface area contributed by atoms with Gasteiger partial charge in [0.25, 0.3) is 0 Å². The lowest BCUT2D eigenvalue weighted by Gasteiger charge is -2.28. The summed E-state index contributed by atoms with van der Waals surface area (Å²) >= 11 is 0. The van der Waals surface area contributed by atoms with Crippen LogP contribution >= 0.6 is 0 Å². The zero-order valence-corrected chi connectivity index (χ0v) is 16.9. The second-order valence-corrected chi connectivity index (χ2v) is 8.32. The second kappa shape index (κ2) is 10.2. The maximum Gasteiger partial charge on any atom is 0.322 e. The molecule has 0 bridgehead atoms. The predicted molar refractivity (Wildman–Crippen MR) is 108 cm³/mol. The number of ether oxygens (including phenoxy) is 1. The summed E-state index contributed by atoms with van der Waals surface area (Å²) in [6.07, 6.45) is 0.164. The van der Waals surface area contributed by atoms with Crippen molar-refractivity contribution in [3.05, 3.63) is 72.6 Å². The van der Waals surface area contributed by atoms with Crippen molar-refractivity contribution in [2.24, 2.45) is 0 Å². The van der Waals surface area contributed by atoms with Gasteiger partial charge in [0.2, 0.25) is 10.0 Å². The number of carbonyl (C=O) groups is 1. The van der Waals surface area contributed by atoms with Gasteiger partial charge in [0.05, 0.1) is 17.3 Å². The molecule has 8 heteroatoms. The number of hydrogen-bond donors (Lipinski definition) is 1. The zero-order valence-electron chi connectivity index (χ0n) is 16.1. The normalized spacial score (nSPS) is 12.5. The lowest BCUT2D eigenvalue weighted by molar-refractivity contribution is -0.141. The van der Waals surface area contributed by atoms with Gasteiger partial charge in [0.15, 0.2) is 0 Å². The fraction of sp³-hybridized carbons (Fsp3) is 0.286. The molecular formula is C21H24FNO5S. The molecule has 0 aliphatic rings. The molecule has 0 unspecified atom stereocenters. The van der Waals surface area contributed by atoms with Crippen molar-refractivity contribution in [2.45, 2.75) is 37.2 Å². The Morgan fingerprint density at radius 1 is 1.17 bits per heavy atom. The van der Waals surface area contributed by atoms with Crippen LogP contribution in [0.2, 0.25) is 0 Å². The standard InChI is InChI=1S/C21H24FNO5S/c1-3-13-28-18-9-11-19(12-10-18)29(26,27)23(15-17-7-5-4-6-8-17)20(21(24)25)14-16(2)22/h4-12,20H,2-3,13-15H2,1H3,(H,24,25)/t20-/m1/s1. The highest BCUT2D eigenvalue weighted by atomic mass is 32.2. The van der Waals surface area contributed by atoms with Gasteiger partial charge in [-0.05, 0) is 36.2 Å². The van der Waals surface area contributed by atoms with Crippen LogP contribution < -0.4 is 4.74 Å². The maximum absolute atomic E-state index is 13.5. The van der Waals surface area contributed by atoms with E-state index in [4.69, 9.17) is 4.74 Å². The molecule has 2 aromatic rings. The quantitative estimate of drug-likeness (QED) is 0.593. The molecule has 6 nitrogen and oxygen atoms in total. The number of sulfonamides is 1.